The second-order valence-electron chi connectivity index (χ2n) is 5.44. The van der Waals surface area contributed by atoms with Gasteiger partial charge in [0.1, 0.15) is 0 Å². The predicted molar refractivity (Wildman–Crippen MR) is 74.2 cm³/mol. The van der Waals surface area contributed by atoms with Crippen molar-refractivity contribution >= 4 is 17.5 Å². The number of benzene rings is 1. The van der Waals surface area contributed by atoms with E-state index in [1.165, 1.54) is 0 Å². The maximum atomic E-state index is 12.1. The number of nitrogens with one attached hydrogen (secondary N) is 1. The summed E-state index contributed by atoms with van der Waals surface area (Å²) in [5, 5.41) is 3.81. The van der Waals surface area contributed by atoms with Crippen molar-refractivity contribution in [1.29, 1.82) is 0 Å². The molecule has 2 aliphatic rings. The zero-order valence-electron chi connectivity index (χ0n) is 10.8. The summed E-state index contributed by atoms with van der Waals surface area (Å²) < 4.78 is 5.30. The second-order valence-corrected chi connectivity index (χ2v) is 5.85. The fraction of sp³-hybridized carbons (Fsp3) is 0.533. The summed E-state index contributed by atoms with van der Waals surface area (Å²) in [6.45, 7) is 2.34. The molecule has 3 rings (SSSR count). The number of ether oxygens (including phenoxy) is 1. The van der Waals surface area contributed by atoms with Crippen molar-refractivity contribution in [3.05, 3.63) is 34.9 Å². The van der Waals surface area contributed by atoms with Crippen LogP contribution in [-0.2, 0) is 9.53 Å². The Morgan fingerprint density at radius 2 is 2.26 bits per heavy atom. The van der Waals surface area contributed by atoms with Crippen molar-refractivity contribution in [3.63, 3.8) is 0 Å². The molecule has 1 aliphatic heterocycles. The van der Waals surface area contributed by atoms with Crippen LogP contribution < -0.4 is 5.32 Å². The van der Waals surface area contributed by atoms with Crippen LogP contribution in [-0.4, -0.2) is 25.7 Å². The van der Waals surface area contributed by atoms with E-state index in [9.17, 15) is 4.79 Å². The molecule has 0 spiro atoms. The third kappa shape index (κ3) is 2.93. The number of rotatable bonds is 4. The maximum Gasteiger partial charge on any atom is 0.223 e. The van der Waals surface area contributed by atoms with Gasteiger partial charge in [-0.05, 0) is 30.4 Å². The maximum absolute atomic E-state index is 12.1. The van der Waals surface area contributed by atoms with E-state index in [-0.39, 0.29) is 11.8 Å². The molecule has 3 unspecified atom stereocenters. The van der Waals surface area contributed by atoms with Crippen molar-refractivity contribution in [1.82, 2.24) is 5.32 Å². The van der Waals surface area contributed by atoms with Gasteiger partial charge in [0.25, 0.3) is 0 Å². The topological polar surface area (TPSA) is 38.3 Å². The molecule has 1 heterocycles. The van der Waals surface area contributed by atoms with Crippen molar-refractivity contribution < 1.29 is 9.53 Å². The van der Waals surface area contributed by atoms with Crippen LogP contribution in [0.1, 0.15) is 24.3 Å². The van der Waals surface area contributed by atoms with Gasteiger partial charge in [-0.3, -0.25) is 4.79 Å². The van der Waals surface area contributed by atoms with Gasteiger partial charge in [0, 0.05) is 30.0 Å². The second kappa shape index (κ2) is 5.51. The number of hydrogen-bond donors (Lipinski definition) is 1. The molecule has 1 aliphatic carbocycles. The third-order valence-electron chi connectivity index (χ3n) is 4.02. The monoisotopic (exact) mass is 279 g/mol. The predicted octanol–water partition coefficient (Wildman–Crippen LogP) is 2.60. The number of carbonyl (C=O) groups excluding carboxylic acids is 1. The lowest BCUT2D eigenvalue weighted by Gasteiger charge is -2.09. The standard InChI is InChI=1S/C15H18ClNO2/c16-14-4-2-1-3-11(14)12-7-13(12)15(18)17-8-10-5-6-19-9-10/h1-4,10,12-13H,5-9H2,(H,17,18). The van der Waals surface area contributed by atoms with Gasteiger partial charge in [-0.25, -0.2) is 0 Å². The molecule has 102 valence electrons. The van der Waals surface area contributed by atoms with Gasteiger partial charge in [-0.2, -0.15) is 0 Å². The van der Waals surface area contributed by atoms with Crippen molar-refractivity contribution in [3.8, 4) is 0 Å². The largest absolute Gasteiger partial charge is 0.381 e. The molecule has 1 amide bonds. The molecule has 4 heteroatoms. The van der Waals surface area contributed by atoms with Crippen LogP contribution in [0.25, 0.3) is 0 Å². The minimum atomic E-state index is 0.0993. The third-order valence-corrected chi connectivity index (χ3v) is 4.37. The molecule has 2 fully saturated rings. The Kier molecular flexibility index (Phi) is 3.76. The fourth-order valence-electron chi connectivity index (χ4n) is 2.72. The summed E-state index contributed by atoms with van der Waals surface area (Å²) in [5.41, 5.74) is 1.11. The van der Waals surface area contributed by atoms with Crippen LogP contribution in [0, 0.1) is 11.8 Å². The Labute approximate surface area is 118 Å². The zero-order chi connectivity index (χ0) is 13.2. The van der Waals surface area contributed by atoms with Crippen molar-refractivity contribution in [2.24, 2.45) is 11.8 Å². The van der Waals surface area contributed by atoms with Crippen molar-refractivity contribution in [2.75, 3.05) is 19.8 Å². The highest BCUT2D eigenvalue weighted by Crippen LogP contribution is 2.49. The summed E-state index contributed by atoms with van der Waals surface area (Å²) in [7, 11) is 0. The Balaban J connectivity index is 1.51. The van der Waals surface area contributed by atoms with Gasteiger partial charge in [0.15, 0.2) is 0 Å². The lowest BCUT2D eigenvalue weighted by Crippen LogP contribution is -2.31. The molecule has 1 aromatic rings. The molecular weight excluding hydrogens is 262 g/mol. The average Bonchev–Trinajstić information content (AvgIpc) is 3.04. The van der Waals surface area contributed by atoms with E-state index in [0.717, 1.165) is 43.2 Å². The van der Waals surface area contributed by atoms with Crippen LogP contribution in [0.4, 0.5) is 0 Å². The average molecular weight is 280 g/mol. The summed E-state index contributed by atoms with van der Waals surface area (Å²) in [6.07, 6.45) is 1.97. The molecule has 1 aromatic carbocycles. The first kappa shape index (κ1) is 12.9. The van der Waals surface area contributed by atoms with E-state index in [1.807, 2.05) is 24.3 Å². The Bertz CT molecular complexity index is 471. The number of amides is 1. The van der Waals surface area contributed by atoms with Crippen LogP contribution in [0.3, 0.4) is 0 Å². The van der Waals surface area contributed by atoms with Gasteiger partial charge < -0.3 is 10.1 Å². The molecule has 1 saturated carbocycles. The van der Waals surface area contributed by atoms with Gasteiger partial charge in [-0.15, -0.1) is 0 Å². The highest BCUT2D eigenvalue weighted by Gasteiger charge is 2.44. The van der Waals surface area contributed by atoms with E-state index >= 15 is 0 Å². The van der Waals surface area contributed by atoms with Crippen LogP contribution in [0.2, 0.25) is 5.02 Å². The molecule has 0 radical (unpaired) electrons. The lowest BCUT2D eigenvalue weighted by molar-refractivity contribution is -0.122. The minimum absolute atomic E-state index is 0.0993. The number of halogens is 1. The minimum Gasteiger partial charge on any atom is -0.381 e. The molecule has 0 bridgehead atoms. The van der Waals surface area contributed by atoms with Crippen LogP contribution >= 0.6 is 11.6 Å². The van der Waals surface area contributed by atoms with Gasteiger partial charge >= 0.3 is 0 Å². The summed E-state index contributed by atoms with van der Waals surface area (Å²) in [5.74, 6) is 1.05. The highest BCUT2D eigenvalue weighted by atomic mass is 35.5. The molecule has 1 saturated heterocycles. The Morgan fingerprint density at radius 1 is 1.42 bits per heavy atom. The first-order chi connectivity index (χ1) is 9.25. The molecular formula is C15H18ClNO2. The van der Waals surface area contributed by atoms with Gasteiger partial charge in [-0.1, -0.05) is 29.8 Å². The summed E-state index contributed by atoms with van der Waals surface area (Å²) in [6, 6.07) is 7.80. The molecule has 0 aromatic heterocycles. The summed E-state index contributed by atoms with van der Waals surface area (Å²) >= 11 is 6.16. The molecule has 19 heavy (non-hydrogen) atoms. The summed E-state index contributed by atoms with van der Waals surface area (Å²) in [4.78, 5) is 12.1. The Hall–Kier alpha value is -1.06. The molecule has 3 nitrogen and oxygen atoms in total. The first-order valence-corrected chi connectivity index (χ1v) is 7.23. The zero-order valence-corrected chi connectivity index (χ0v) is 11.5. The lowest BCUT2D eigenvalue weighted by atomic mass is 10.1. The SMILES string of the molecule is O=C(NCC1CCOC1)C1CC1c1ccccc1Cl. The number of carbonyl (C=O) groups is 1. The molecule has 1 N–H and O–H groups in total. The highest BCUT2D eigenvalue weighted by molar-refractivity contribution is 6.31. The Morgan fingerprint density at radius 3 is 3.00 bits per heavy atom. The van der Waals surface area contributed by atoms with Crippen LogP contribution in [0.15, 0.2) is 24.3 Å². The number of hydrogen-bond acceptors (Lipinski definition) is 2. The fourth-order valence-corrected chi connectivity index (χ4v) is 3.00. The quantitative estimate of drug-likeness (QED) is 0.920. The van der Waals surface area contributed by atoms with Gasteiger partial charge in [0.05, 0.1) is 6.61 Å². The van der Waals surface area contributed by atoms with E-state index in [2.05, 4.69) is 5.32 Å². The van der Waals surface area contributed by atoms with E-state index in [4.69, 9.17) is 16.3 Å². The van der Waals surface area contributed by atoms with E-state index in [1.54, 1.807) is 0 Å². The van der Waals surface area contributed by atoms with Crippen molar-refractivity contribution in [2.45, 2.75) is 18.8 Å². The van der Waals surface area contributed by atoms with E-state index < -0.39 is 0 Å². The molecule has 3 atom stereocenters. The van der Waals surface area contributed by atoms with Gasteiger partial charge in [0.2, 0.25) is 5.91 Å². The normalized spacial score (nSPS) is 29.2. The smallest absolute Gasteiger partial charge is 0.223 e. The first-order valence-electron chi connectivity index (χ1n) is 6.85. The van der Waals surface area contributed by atoms with E-state index in [0.29, 0.717) is 11.8 Å². The van der Waals surface area contributed by atoms with Crippen LogP contribution in [0.5, 0.6) is 0 Å².